The van der Waals surface area contributed by atoms with Crippen LogP contribution in [0.3, 0.4) is 0 Å². The molecule has 0 aliphatic heterocycles. The van der Waals surface area contributed by atoms with E-state index in [1.165, 1.54) is 0 Å². The van der Waals surface area contributed by atoms with Gasteiger partial charge in [0.1, 0.15) is 5.83 Å². The summed E-state index contributed by atoms with van der Waals surface area (Å²) in [5, 5.41) is 0. The van der Waals surface area contributed by atoms with Gasteiger partial charge < -0.3 is 0 Å². The van der Waals surface area contributed by atoms with E-state index >= 15 is 0 Å². The molecule has 0 radical (unpaired) electrons. The molecule has 0 fully saturated rings. The Morgan fingerprint density at radius 1 is 1.21 bits per heavy atom. The maximum absolute atomic E-state index is 13.4. The Hall–Kier alpha value is -2.22. The predicted molar refractivity (Wildman–Crippen MR) is 77.5 cm³/mol. The molecule has 19 heavy (non-hydrogen) atoms. The minimum Gasteiger partial charge on any atom is -0.256 e. The van der Waals surface area contributed by atoms with Gasteiger partial charge in [0, 0.05) is 17.7 Å². The average Bonchev–Trinajstić information content (AvgIpc) is 2.46. The van der Waals surface area contributed by atoms with E-state index in [0.717, 1.165) is 16.8 Å². The molecule has 0 bridgehead atoms. The van der Waals surface area contributed by atoms with E-state index in [2.05, 4.69) is 18.1 Å². The smallest absolute Gasteiger partial charge is 0.101 e. The molecule has 96 valence electrons. The quantitative estimate of drug-likeness (QED) is 0.691. The lowest BCUT2D eigenvalue weighted by Crippen LogP contribution is -1.97. The number of halogens is 1. The first-order valence-corrected chi connectivity index (χ1v) is 6.19. The van der Waals surface area contributed by atoms with Crippen LogP contribution in [-0.2, 0) is 0 Å². The highest BCUT2D eigenvalue weighted by Crippen LogP contribution is 2.29. The standard InChI is InChI=1S/C17H16FN/c1-3-6-16(13(2)18)14-8-10-15(11-9-14)17-7-4-5-12-19-17/h3-5,7-12,16H,1-2,6H2. The van der Waals surface area contributed by atoms with E-state index in [0.29, 0.717) is 6.42 Å². The minimum absolute atomic E-state index is 0.310. The van der Waals surface area contributed by atoms with Gasteiger partial charge in [-0.1, -0.05) is 43.0 Å². The van der Waals surface area contributed by atoms with E-state index < -0.39 is 0 Å². The first kappa shape index (κ1) is 13.2. The molecule has 1 atom stereocenters. The topological polar surface area (TPSA) is 12.9 Å². The van der Waals surface area contributed by atoms with Crippen molar-refractivity contribution in [1.29, 1.82) is 0 Å². The monoisotopic (exact) mass is 253 g/mol. The molecule has 0 spiro atoms. The van der Waals surface area contributed by atoms with Crippen molar-refractivity contribution in [2.75, 3.05) is 0 Å². The van der Waals surface area contributed by atoms with Crippen molar-refractivity contribution in [2.24, 2.45) is 0 Å². The second-order valence-electron chi connectivity index (χ2n) is 4.36. The summed E-state index contributed by atoms with van der Waals surface area (Å²) in [5.74, 6) is -0.638. The molecule has 0 amide bonds. The molecule has 1 aromatic heterocycles. The fourth-order valence-electron chi connectivity index (χ4n) is 2.03. The van der Waals surface area contributed by atoms with E-state index in [9.17, 15) is 4.39 Å². The Labute approximate surface area is 113 Å². The second-order valence-corrected chi connectivity index (χ2v) is 4.36. The maximum atomic E-state index is 13.4. The zero-order valence-corrected chi connectivity index (χ0v) is 10.7. The van der Waals surface area contributed by atoms with Crippen LogP contribution in [0.2, 0.25) is 0 Å². The van der Waals surface area contributed by atoms with Crippen molar-refractivity contribution in [1.82, 2.24) is 4.98 Å². The summed E-state index contributed by atoms with van der Waals surface area (Å²) >= 11 is 0. The Kier molecular flexibility index (Phi) is 4.24. The van der Waals surface area contributed by atoms with Crippen molar-refractivity contribution in [3.8, 4) is 11.3 Å². The zero-order chi connectivity index (χ0) is 13.7. The van der Waals surface area contributed by atoms with Crippen LogP contribution in [0.15, 0.2) is 73.7 Å². The summed E-state index contributed by atoms with van der Waals surface area (Å²) in [5.41, 5.74) is 2.84. The van der Waals surface area contributed by atoms with Gasteiger partial charge >= 0.3 is 0 Å². The second kappa shape index (κ2) is 6.10. The minimum atomic E-state index is -0.328. The summed E-state index contributed by atoms with van der Waals surface area (Å²) in [6.45, 7) is 7.06. The third kappa shape index (κ3) is 3.16. The van der Waals surface area contributed by atoms with Gasteiger partial charge in [-0.05, 0) is 24.1 Å². The van der Waals surface area contributed by atoms with Gasteiger partial charge in [-0.25, -0.2) is 4.39 Å². The van der Waals surface area contributed by atoms with Gasteiger partial charge in [0.05, 0.1) is 5.69 Å². The Bertz CT molecular complexity index is 558. The third-order valence-electron chi connectivity index (χ3n) is 3.05. The highest BCUT2D eigenvalue weighted by Gasteiger charge is 2.13. The molecule has 0 saturated carbocycles. The van der Waals surface area contributed by atoms with Gasteiger partial charge in [-0.3, -0.25) is 4.98 Å². The lowest BCUT2D eigenvalue weighted by molar-refractivity contribution is 0.550. The number of benzene rings is 1. The molecule has 0 aliphatic rings. The number of rotatable bonds is 5. The molecule has 2 rings (SSSR count). The summed E-state index contributed by atoms with van der Waals surface area (Å²) in [6.07, 6.45) is 4.02. The molecule has 2 aromatic rings. The average molecular weight is 253 g/mol. The number of aromatic nitrogens is 1. The lowest BCUT2D eigenvalue weighted by atomic mass is 9.93. The van der Waals surface area contributed by atoms with Gasteiger partial charge in [0.25, 0.3) is 0 Å². The van der Waals surface area contributed by atoms with Crippen LogP contribution in [0.4, 0.5) is 4.39 Å². The SMILES string of the molecule is C=CCC(C(=C)F)c1ccc(-c2ccccn2)cc1. The molecule has 1 heterocycles. The number of nitrogens with zero attached hydrogens (tertiary/aromatic N) is 1. The molecule has 0 aliphatic carbocycles. The van der Waals surface area contributed by atoms with E-state index in [1.54, 1.807) is 12.3 Å². The Morgan fingerprint density at radius 2 is 1.95 bits per heavy atom. The van der Waals surface area contributed by atoms with Crippen LogP contribution in [0.1, 0.15) is 17.9 Å². The first-order valence-electron chi connectivity index (χ1n) is 6.19. The fraction of sp³-hybridized carbons (Fsp3) is 0.118. The van der Waals surface area contributed by atoms with Crippen LogP contribution >= 0.6 is 0 Å². The van der Waals surface area contributed by atoms with Crippen molar-refractivity contribution < 1.29 is 4.39 Å². The molecule has 1 unspecified atom stereocenters. The normalized spacial score (nSPS) is 11.8. The summed E-state index contributed by atoms with van der Waals surface area (Å²) in [4.78, 5) is 4.29. The van der Waals surface area contributed by atoms with Gasteiger partial charge in [0.15, 0.2) is 0 Å². The highest BCUT2D eigenvalue weighted by molar-refractivity contribution is 5.59. The number of hydrogen-bond donors (Lipinski definition) is 0. The number of hydrogen-bond acceptors (Lipinski definition) is 1. The number of allylic oxidation sites excluding steroid dienone is 2. The third-order valence-corrected chi connectivity index (χ3v) is 3.05. The maximum Gasteiger partial charge on any atom is 0.101 e. The predicted octanol–water partition coefficient (Wildman–Crippen LogP) is 4.89. The van der Waals surface area contributed by atoms with Crippen LogP contribution in [0.5, 0.6) is 0 Å². The van der Waals surface area contributed by atoms with Gasteiger partial charge in [-0.2, -0.15) is 0 Å². The van der Waals surface area contributed by atoms with Crippen LogP contribution < -0.4 is 0 Å². The highest BCUT2D eigenvalue weighted by atomic mass is 19.1. The number of pyridine rings is 1. The van der Waals surface area contributed by atoms with Gasteiger partial charge in [0.2, 0.25) is 0 Å². The van der Waals surface area contributed by atoms with Crippen LogP contribution in [-0.4, -0.2) is 4.98 Å². The Morgan fingerprint density at radius 3 is 2.47 bits per heavy atom. The fourth-order valence-corrected chi connectivity index (χ4v) is 2.03. The first-order chi connectivity index (χ1) is 9.22. The van der Waals surface area contributed by atoms with E-state index in [-0.39, 0.29) is 11.7 Å². The van der Waals surface area contributed by atoms with E-state index in [4.69, 9.17) is 0 Å². The zero-order valence-electron chi connectivity index (χ0n) is 10.7. The molecule has 2 heteroatoms. The van der Waals surface area contributed by atoms with Crippen LogP contribution in [0, 0.1) is 0 Å². The van der Waals surface area contributed by atoms with Crippen molar-refractivity contribution in [2.45, 2.75) is 12.3 Å². The van der Waals surface area contributed by atoms with Crippen molar-refractivity contribution in [3.63, 3.8) is 0 Å². The summed E-state index contributed by atoms with van der Waals surface area (Å²) in [6, 6.07) is 13.5. The van der Waals surface area contributed by atoms with Crippen LogP contribution in [0.25, 0.3) is 11.3 Å². The molecular weight excluding hydrogens is 237 g/mol. The molecular formula is C17H16FN. The Balaban J connectivity index is 2.27. The molecule has 0 N–H and O–H groups in total. The van der Waals surface area contributed by atoms with E-state index in [1.807, 2.05) is 42.5 Å². The lowest BCUT2D eigenvalue weighted by Gasteiger charge is -2.13. The van der Waals surface area contributed by atoms with Gasteiger partial charge in [-0.15, -0.1) is 6.58 Å². The summed E-state index contributed by atoms with van der Waals surface area (Å²) < 4.78 is 13.4. The molecule has 1 nitrogen and oxygen atoms in total. The largest absolute Gasteiger partial charge is 0.256 e. The summed E-state index contributed by atoms with van der Waals surface area (Å²) in [7, 11) is 0. The molecule has 1 aromatic carbocycles. The van der Waals surface area contributed by atoms with Crippen molar-refractivity contribution >= 4 is 0 Å². The molecule has 0 saturated heterocycles. The van der Waals surface area contributed by atoms with Crippen molar-refractivity contribution in [3.05, 3.63) is 79.3 Å².